The van der Waals surface area contributed by atoms with E-state index in [4.69, 9.17) is 0 Å². The molecular formula is C11H13FN4S. The predicted octanol–water partition coefficient (Wildman–Crippen LogP) is 1.82. The summed E-state index contributed by atoms with van der Waals surface area (Å²) >= 11 is 1.40. The lowest BCUT2D eigenvalue weighted by atomic mass is 10.2. The molecule has 6 heteroatoms. The first-order chi connectivity index (χ1) is 8.19. The summed E-state index contributed by atoms with van der Waals surface area (Å²) in [7, 11) is 3.69. The van der Waals surface area contributed by atoms with Crippen LogP contribution in [0.4, 0.5) is 4.39 Å². The van der Waals surface area contributed by atoms with Crippen LogP contribution in [0.1, 0.15) is 5.56 Å². The fourth-order valence-electron chi connectivity index (χ4n) is 1.46. The molecule has 2 aromatic rings. The number of halogens is 1. The highest BCUT2D eigenvalue weighted by atomic mass is 32.2. The van der Waals surface area contributed by atoms with Crippen LogP contribution in [0, 0.1) is 5.82 Å². The summed E-state index contributed by atoms with van der Waals surface area (Å²) in [5.74, 6) is -0.234. The van der Waals surface area contributed by atoms with Crippen molar-refractivity contribution in [2.75, 3.05) is 7.05 Å². The molecule has 0 aliphatic carbocycles. The van der Waals surface area contributed by atoms with Gasteiger partial charge in [-0.1, -0.05) is 0 Å². The van der Waals surface area contributed by atoms with E-state index in [-0.39, 0.29) is 5.82 Å². The first-order valence-electron chi connectivity index (χ1n) is 5.15. The van der Waals surface area contributed by atoms with Gasteiger partial charge in [-0.15, -0.1) is 10.2 Å². The van der Waals surface area contributed by atoms with Gasteiger partial charge in [0.05, 0.1) is 0 Å². The van der Waals surface area contributed by atoms with E-state index in [0.29, 0.717) is 6.54 Å². The third-order valence-corrected chi connectivity index (χ3v) is 3.21. The second kappa shape index (κ2) is 5.29. The van der Waals surface area contributed by atoms with Crippen LogP contribution in [0.2, 0.25) is 0 Å². The lowest BCUT2D eigenvalue weighted by Gasteiger charge is -2.05. The lowest BCUT2D eigenvalue weighted by molar-refractivity contribution is 0.619. The summed E-state index contributed by atoms with van der Waals surface area (Å²) in [6.07, 6.45) is 1.62. The lowest BCUT2D eigenvalue weighted by Crippen LogP contribution is -2.05. The van der Waals surface area contributed by atoms with Gasteiger partial charge in [-0.2, -0.15) is 0 Å². The Morgan fingerprint density at radius 2 is 2.24 bits per heavy atom. The molecule has 0 amide bonds. The molecule has 0 unspecified atom stereocenters. The van der Waals surface area contributed by atoms with E-state index in [1.807, 2.05) is 20.2 Å². The second-order valence-corrected chi connectivity index (χ2v) is 4.69. The average molecular weight is 252 g/mol. The van der Waals surface area contributed by atoms with E-state index < -0.39 is 0 Å². The number of nitrogens with zero attached hydrogens (tertiary/aromatic N) is 3. The second-order valence-electron chi connectivity index (χ2n) is 3.65. The zero-order valence-electron chi connectivity index (χ0n) is 9.64. The smallest absolute Gasteiger partial charge is 0.195 e. The molecule has 17 heavy (non-hydrogen) atoms. The van der Waals surface area contributed by atoms with Crippen molar-refractivity contribution in [3.8, 4) is 0 Å². The van der Waals surface area contributed by atoms with Gasteiger partial charge in [0.1, 0.15) is 12.1 Å². The van der Waals surface area contributed by atoms with E-state index in [1.54, 1.807) is 10.9 Å². The summed E-state index contributed by atoms with van der Waals surface area (Å²) in [6, 6.07) is 4.97. The molecule has 90 valence electrons. The van der Waals surface area contributed by atoms with E-state index in [1.165, 1.54) is 23.9 Å². The van der Waals surface area contributed by atoms with Gasteiger partial charge in [-0.25, -0.2) is 4.39 Å². The number of nitrogens with one attached hydrogen (secondary N) is 1. The zero-order chi connectivity index (χ0) is 12.3. The molecule has 0 saturated carbocycles. The number of aromatic nitrogens is 3. The number of aryl methyl sites for hydroxylation is 1. The van der Waals surface area contributed by atoms with Crippen molar-refractivity contribution in [2.24, 2.45) is 7.05 Å². The van der Waals surface area contributed by atoms with E-state index in [0.717, 1.165) is 15.6 Å². The Morgan fingerprint density at radius 3 is 2.88 bits per heavy atom. The Kier molecular flexibility index (Phi) is 3.75. The highest BCUT2D eigenvalue weighted by Crippen LogP contribution is 2.26. The summed E-state index contributed by atoms with van der Waals surface area (Å²) in [5.41, 5.74) is 0.914. The molecule has 0 radical (unpaired) electrons. The summed E-state index contributed by atoms with van der Waals surface area (Å²) in [5, 5.41) is 11.5. The zero-order valence-corrected chi connectivity index (χ0v) is 10.5. The molecule has 0 atom stereocenters. The largest absolute Gasteiger partial charge is 0.316 e. The summed E-state index contributed by atoms with van der Waals surface area (Å²) in [6.45, 7) is 0.643. The first-order valence-corrected chi connectivity index (χ1v) is 5.96. The molecule has 4 nitrogen and oxygen atoms in total. The Balaban J connectivity index is 2.23. The van der Waals surface area contributed by atoms with Crippen LogP contribution in [-0.4, -0.2) is 21.8 Å². The molecule has 1 aromatic heterocycles. The van der Waals surface area contributed by atoms with Gasteiger partial charge >= 0.3 is 0 Å². The van der Waals surface area contributed by atoms with Crippen LogP contribution in [0.25, 0.3) is 0 Å². The standard InChI is InChI=1S/C11H13FN4S/c1-13-6-8-3-9(12)5-10(4-8)17-11-15-14-7-16(11)2/h3-5,7,13H,6H2,1-2H3. The quantitative estimate of drug-likeness (QED) is 0.901. The number of rotatable bonds is 4. The van der Waals surface area contributed by atoms with E-state index in [9.17, 15) is 4.39 Å². The summed E-state index contributed by atoms with van der Waals surface area (Å²) < 4.78 is 15.2. The molecule has 0 aliphatic heterocycles. The fraction of sp³-hybridized carbons (Fsp3) is 0.273. The van der Waals surface area contributed by atoms with E-state index in [2.05, 4.69) is 15.5 Å². The minimum absolute atomic E-state index is 0.234. The van der Waals surface area contributed by atoms with Crippen molar-refractivity contribution in [3.63, 3.8) is 0 Å². The molecular weight excluding hydrogens is 239 g/mol. The van der Waals surface area contributed by atoms with Crippen molar-refractivity contribution < 1.29 is 4.39 Å². The average Bonchev–Trinajstić information content (AvgIpc) is 2.64. The fourth-order valence-corrected chi connectivity index (χ4v) is 2.33. The van der Waals surface area contributed by atoms with E-state index >= 15 is 0 Å². The van der Waals surface area contributed by atoms with Crippen molar-refractivity contribution in [1.82, 2.24) is 20.1 Å². The SMILES string of the molecule is CNCc1cc(F)cc(Sc2nncn2C)c1. The van der Waals surface area contributed by atoms with Crippen LogP contribution in [0.15, 0.2) is 34.6 Å². The molecule has 2 rings (SSSR count). The topological polar surface area (TPSA) is 42.7 Å². The minimum Gasteiger partial charge on any atom is -0.316 e. The third-order valence-electron chi connectivity index (χ3n) is 2.19. The van der Waals surface area contributed by atoms with Gasteiger partial charge in [-0.3, -0.25) is 0 Å². The van der Waals surface area contributed by atoms with Crippen LogP contribution in [0.5, 0.6) is 0 Å². The van der Waals surface area contributed by atoms with Crippen molar-refractivity contribution in [2.45, 2.75) is 16.6 Å². The number of benzene rings is 1. The molecule has 0 aliphatic rings. The predicted molar refractivity (Wildman–Crippen MR) is 64.3 cm³/mol. The van der Waals surface area contributed by atoms with Gasteiger partial charge in [0.25, 0.3) is 0 Å². The van der Waals surface area contributed by atoms with Gasteiger partial charge in [0.2, 0.25) is 0 Å². The molecule has 0 spiro atoms. The Labute approximate surface area is 103 Å². The van der Waals surface area contributed by atoms with Gasteiger partial charge in [-0.05, 0) is 42.6 Å². The minimum atomic E-state index is -0.234. The van der Waals surface area contributed by atoms with Crippen LogP contribution >= 0.6 is 11.8 Å². The maximum atomic E-state index is 13.4. The normalized spacial score (nSPS) is 10.8. The maximum absolute atomic E-state index is 13.4. The first kappa shape index (κ1) is 12.1. The highest BCUT2D eigenvalue weighted by Gasteiger charge is 2.06. The Hall–Kier alpha value is -1.40. The van der Waals surface area contributed by atoms with Gasteiger partial charge in [0.15, 0.2) is 5.16 Å². The summed E-state index contributed by atoms with van der Waals surface area (Å²) in [4.78, 5) is 0.825. The van der Waals surface area contributed by atoms with Crippen molar-refractivity contribution in [3.05, 3.63) is 35.9 Å². The van der Waals surface area contributed by atoms with Gasteiger partial charge < -0.3 is 9.88 Å². The van der Waals surface area contributed by atoms with Crippen molar-refractivity contribution >= 4 is 11.8 Å². The monoisotopic (exact) mass is 252 g/mol. The van der Waals surface area contributed by atoms with Crippen molar-refractivity contribution in [1.29, 1.82) is 0 Å². The highest BCUT2D eigenvalue weighted by molar-refractivity contribution is 7.99. The molecule has 1 heterocycles. The number of hydrogen-bond acceptors (Lipinski definition) is 4. The molecule has 0 saturated heterocycles. The Bertz CT molecular complexity index is 512. The molecule has 0 bridgehead atoms. The molecule has 1 aromatic carbocycles. The van der Waals surface area contributed by atoms with Crippen LogP contribution in [-0.2, 0) is 13.6 Å². The molecule has 1 N–H and O–H groups in total. The van der Waals surface area contributed by atoms with Crippen LogP contribution < -0.4 is 5.32 Å². The van der Waals surface area contributed by atoms with Crippen LogP contribution in [0.3, 0.4) is 0 Å². The van der Waals surface area contributed by atoms with Gasteiger partial charge in [0, 0.05) is 18.5 Å². The molecule has 0 fully saturated rings. The number of hydrogen-bond donors (Lipinski definition) is 1. The third kappa shape index (κ3) is 3.04. The Morgan fingerprint density at radius 1 is 1.41 bits per heavy atom. The maximum Gasteiger partial charge on any atom is 0.195 e.